The number of carbonyl (C=O) groups excluding carboxylic acids is 2. The van der Waals surface area contributed by atoms with Gasteiger partial charge in [0.2, 0.25) is 11.8 Å². The number of nitrogens with one attached hydrogen (secondary N) is 1. The number of piperazine rings is 1. The number of hydrogen-bond donors (Lipinski definition) is 3. The second-order valence-electron chi connectivity index (χ2n) is 13.5. The van der Waals surface area contributed by atoms with Gasteiger partial charge in [0.1, 0.15) is 11.8 Å². The molecule has 1 saturated heterocycles. The van der Waals surface area contributed by atoms with Gasteiger partial charge in [-0.1, -0.05) is 33.8 Å². The molecule has 1 aliphatic heterocycles. The molecule has 5 rings (SSSR count). The number of amides is 2. The first-order valence-electron chi connectivity index (χ1n) is 15.4. The summed E-state index contributed by atoms with van der Waals surface area (Å²) in [7, 11) is 0. The van der Waals surface area contributed by atoms with Crippen molar-refractivity contribution < 1.29 is 19.8 Å². The van der Waals surface area contributed by atoms with Crippen molar-refractivity contribution in [1.82, 2.24) is 15.1 Å². The summed E-state index contributed by atoms with van der Waals surface area (Å²) in [6, 6.07) is 5.48. The van der Waals surface area contributed by atoms with Crippen LogP contribution in [-0.4, -0.2) is 76.2 Å². The number of fused-ring (bicyclic) bond motifs is 5. The van der Waals surface area contributed by atoms with Crippen LogP contribution in [-0.2, 0) is 16.0 Å². The number of nitrogens with zero attached hydrogens (tertiary/aromatic N) is 2. The lowest BCUT2D eigenvalue weighted by Crippen LogP contribution is -2.60. The minimum Gasteiger partial charge on any atom is -0.508 e. The van der Waals surface area contributed by atoms with Gasteiger partial charge in [0.05, 0.1) is 5.60 Å². The van der Waals surface area contributed by atoms with E-state index in [0.717, 1.165) is 51.6 Å². The third kappa shape index (κ3) is 5.33. The molecule has 0 radical (unpaired) electrons. The first kappa shape index (κ1) is 28.4. The molecule has 3 aliphatic carbocycles. The van der Waals surface area contributed by atoms with Crippen LogP contribution in [0.1, 0.15) is 89.7 Å². The van der Waals surface area contributed by atoms with Crippen molar-refractivity contribution in [2.24, 2.45) is 23.2 Å². The van der Waals surface area contributed by atoms with Gasteiger partial charge in [0.25, 0.3) is 0 Å². The van der Waals surface area contributed by atoms with Crippen molar-refractivity contribution in [3.63, 3.8) is 0 Å². The van der Waals surface area contributed by atoms with Crippen LogP contribution < -0.4 is 5.32 Å². The van der Waals surface area contributed by atoms with Gasteiger partial charge < -0.3 is 20.4 Å². The van der Waals surface area contributed by atoms with E-state index in [1.807, 2.05) is 24.0 Å². The van der Waals surface area contributed by atoms with E-state index in [-0.39, 0.29) is 17.2 Å². The molecule has 2 amide bonds. The van der Waals surface area contributed by atoms with Gasteiger partial charge in [-0.2, -0.15) is 0 Å². The quantitative estimate of drug-likeness (QED) is 0.486. The van der Waals surface area contributed by atoms with E-state index in [4.69, 9.17) is 0 Å². The van der Waals surface area contributed by atoms with Crippen molar-refractivity contribution in [3.8, 4) is 5.75 Å². The first-order chi connectivity index (χ1) is 18.5. The zero-order valence-corrected chi connectivity index (χ0v) is 24.4. The van der Waals surface area contributed by atoms with E-state index in [0.29, 0.717) is 61.9 Å². The van der Waals surface area contributed by atoms with Crippen LogP contribution >= 0.6 is 0 Å². The molecule has 4 aliphatic rings. The summed E-state index contributed by atoms with van der Waals surface area (Å²) in [5.41, 5.74) is 1.93. The molecule has 2 saturated carbocycles. The summed E-state index contributed by atoms with van der Waals surface area (Å²) < 4.78 is 0. The number of aryl methyl sites for hydroxylation is 1. The van der Waals surface area contributed by atoms with Gasteiger partial charge >= 0.3 is 0 Å². The Kier molecular flexibility index (Phi) is 8.04. The van der Waals surface area contributed by atoms with Crippen molar-refractivity contribution in [2.45, 2.75) is 96.6 Å². The number of carbonyl (C=O) groups is 2. The molecule has 216 valence electrons. The number of β-amino-alcohol motifs (C(OH)–C–C–N with tert-alkyl or cyclic N) is 1. The Labute approximate surface area is 234 Å². The van der Waals surface area contributed by atoms with Gasteiger partial charge in [0, 0.05) is 44.6 Å². The van der Waals surface area contributed by atoms with Crippen molar-refractivity contribution in [3.05, 3.63) is 29.3 Å². The predicted octanol–water partition coefficient (Wildman–Crippen LogP) is 4.06. The van der Waals surface area contributed by atoms with E-state index in [2.05, 4.69) is 37.1 Å². The Hall–Kier alpha value is -2.12. The zero-order chi connectivity index (χ0) is 27.9. The van der Waals surface area contributed by atoms with E-state index in [1.165, 1.54) is 11.1 Å². The van der Waals surface area contributed by atoms with Crippen LogP contribution in [0.3, 0.4) is 0 Å². The molecule has 39 heavy (non-hydrogen) atoms. The third-order valence-electron chi connectivity index (χ3n) is 10.9. The summed E-state index contributed by atoms with van der Waals surface area (Å²) in [5, 5.41) is 25.1. The molecule has 7 nitrogen and oxygen atoms in total. The number of rotatable bonds is 7. The number of phenolic OH excluding ortho intramolecular Hbond substituents is 1. The third-order valence-corrected chi connectivity index (χ3v) is 10.9. The molecular formula is C32H49N3O4. The summed E-state index contributed by atoms with van der Waals surface area (Å²) in [6.07, 6.45) is 7.24. The van der Waals surface area contributed by atoms with Gasteiger partial charge in [0.15, 0.2) is 0 Å². The molecule has 1 heterocycles. The topological polar surface area (TPSA) is 93.1 Å². The lowest BCUT2D eigenvalue weighted by molar-refractivity contribution is -0.141. The summed E-state index contributed by atoms with van der Waals surface area (Å²) in [6.45, 7) is 11.8. The molecule has 3 fully saturated rings. The van der Waals surface area contributed by atoms with Gasteiger partial charge in [-0.25, -0.2) is 0 Å². The Bertz CT molecular complexity index is 1070. The summed E-state index contributed by atoms with van der Waals surface area (Å²) >= 11 is 0. The monoisotopic (exact) mass is 539 g/mol. The summed E-state index contributed by atoms with van der Waals surface area (Å²) in [4.78, 5) is 29.6. The molecule has 1 aromatic carbocycles. The van der Waals surface area contributed by atoms with Crippen LogP contribution in [0.5, 0.6) is 5.75 Å². The fraction of sp³-hybridized carbons (Fsp3) is 0.750. The fourth-order valence-corrected chi connectivity index (χ4v) is 8.64. The highest BCUT2D eigenvalue weighted by molar-refractivity contribution is 5.87. The van der Waals surface area contributed by atoms with E-state index in [9.17, 15) is 19.8 Å². The van der Waals surface area contributed by atoms with Crippen LogP contribution in [0.25, 0.3) is 0 Å². The maximum absolute atomic E-state index is 13.3. The first-order valence-corrected chi connectivity index (χ1v) is 15.4. The van der Waals surface area contributed by atoms with Crippen LogP contribution in [0, 0.1) is 23.2 Å². The lowest BCUT2D eigenvalue weighted by atomic mass is 9.53. The smallest absolute Gasteiger partial charge is 0.245 e. The van der Waals surface area contributed by atoms with Crippen LogP contribution in [0.2, 0.25) is 0 Å². The molecule has 1 aromatic rings. The van der Waals surface area contributed by atoms with Crippen LogP contribution in [0.4, 0.5) is 0 Å². The standard InChI is InChI=1S/C32H49N3O4/c1-5-29(37)33-28(18-21(2)3)30(38)35-16-14-34(15-17-35)20-32(39)13-11-27-26-8-6-22-19-23(36)7-9-24(22)25(26)10-12-31(27,32)4/h7,9,19,21,25-28,36,39H,5-6,8,10-18,20H2,1-4H3,(H,33,37)/t25-,26-,27+,28+,31+,32-/m1/s1. The van der Waals surface area contributed by atoms with E-state index < -0.39 is 11.6 Å². The lowest BCUT2D eigenvalue weighted by Gasteiger charge is -2.54. The van der Waals surface area contributed by atoms with Crippen molar-refractivity contribution >= 4 is 11.8 Å². The average molecular weight is 540 g/mol. The van der Waals surface area contributed by atoms with Gasteiger partial charge in [-0.3, -0.25) is 14.5 Å². The minimum atomic E-state index is -0.709. The predicted molar refractivity (Wildman–Crippen MR) is 152 cm³/mol. The average Bonchev–Trinajstić information content (AvgIpc) is 3.17. The number of hydrogen-bond acceptors (Lipinski definition) is 5. The molecule has 0 bridgehead atoms. The highest BCUT2D eigenvalue weighted by Gasteiger charge is 2.61. The molecule has 6 atom stereocenters. The highest BCUT2D eigenvalue weighted by atomic mass is 16.3. The van der Waals surface area contributed by atoms with Crippen LogP contribution in [0.15, 0.2) is 18.2 Å². The van der Waals surface area contributed by atoms with Crippen molar-refractivity contribution in [2.75, 3.05) is 32.7 Å². The molecule has 7 heteroatoms. The number of aliphatic hydroxyl groups is 1. The van der Waals surface area contributed by atoms with E-state index in [1.54, 1.807) is 0 Å². The fourth-order valence-electron chi connectivity index (χ4n) is 8.64. The maximum Gasteiger partial charge on any atom is 0.245 e. The minimum absolute atomic E-state index is 0.0287. The zero-order valence-electron chi connectivity index (χ0n) is 24.4. The number of aromatic hydroxyl groups is 1. The Morgan fingerprint density at radius 2 is 1.85 bits per heavy atom. The van der Waals surface area contributed by atoms with Crippen molar-refractivity contribution in [1.29, 1.82) is 0 Å². The Morgan fingerprint density at radius 3 is 2.54 bits per heavy atom. The maximum atomic E-state index is 13.3. The highest BCUT2D eigenvalue weighted by Crippen LogP contribution is 2.64. The number of benzene rings is 1. The SMILES string of the molecule is CCC(=O)N[C@@H](CC(C)C)C(=O)N1CCN(C[C@]2(O)CC[C@H]3[C@@H]4CCc5cc(O)ccc5[C@H]4CC[C@@]32C)CC1. The summed E-state index contributed by atoms with van der Waals surface area (Å²) in [5.74, 6) is 2.30. The normalized spacial score (nSPS) is 33.3. The second kappa shape index (κ2) is 11.0. The Balaban J connectivity index is 1.21. The largest absolute Gasteiger partial charge is 0.508 e. The van der Waals surface area contributed by atoms with E-state index >= 15 is 0 Å². The molecular weight excluding hydrogens is 490 g/mol. The number of phenols is 1. The second-order valence-corrected chi connectivity index (χ2v) is 13.5. The molecule has 3 N–H and O–H groups in total. The van der Waals surface area contributed by atoms with Gasteiger partial charge in [-0.15, -0.1) is 0 Å². The molecule has 0 unspecified atom stereocenters. The molecule has 0 spiro atoms. The van der Waals surface area contributed by atoms with Gasteiger partial charge in [-0.05, 0) is 91.9 Å². The Morgan fingerprint density at radius 1 is 1.10 bits per heavy atom. The molecule has 0 aromatic heterocycles.